The number of carboxylic acids is 1. The van der Waals surface area contributed by atoms with Crippen LogP contribution in [0.25, 0.3) is 0 Å². The van der Waals surface area contributed by atoms with Crippen LogP contribution < -0.4 is 10.9 Å². The second kappa shape index (κ2) is 4.59. The number of aromatic nitrogens is 2. The number of carboxylic acid groups (broad SMARTS) is 1. The molecule has 0 aliphatic rings. The monoisotopic (exact) mass is 211 g/mol. The molecule has 0 aliphatic carbocycles. The summed E-state index contributed by atoms with van der Waals surface area (Å²) < 4.78 is 1.30. The number of rotatable bonds is 4. The molecule has 0 saturated heterocycles. The molecular weight excluding hydrogens is 198 g/mol. The average molecular weight is 211 g/mol. The maximum absolute atomic E-state index is 11.7. The molecular formula is C9H13N3O3. The van der Waals surface area contributed by atoms with Gasteiger partial charge in [0.25, 0.3) is 5.56 Å². The Balaban J connectivity index is 2.95. The molecule has 1 rings (SSSR count). The SMILES string of the molecule is CC(C)n1nccc(NCC(=O)O)c1=O. The molecule has 0 saturated carbocycles. The molecule has 0 amide bonds. The minimum atomic E-state index is -1.01. The number of nitrogens with zero attached hydrogens (tertiary/aromatic N) is 2. The first kappa shape index (κ1) is 11.2. The summed E-state index contributed by atoms with van der Waals surface area (Å²) in [6, 6.07) is 1.41. The lowest BCUT2D eigenvalue weighted by molar-refractivity contribution is -0.134. The second-order valence-electron chi connectivity index (χ2n) is 3.34. The van der Waals surface area contributed by atoms with Crippen LogP contribution in [0.3, 0.4) is 0 Å². The van der Waals surface area contributed by atoms with Crippen LogP contribution in [0.5, 0.6) is 0 Å². The van der Waals surface area contributed by atoms with E-state index in [4.69, 9.17) is 5.11 Å². The van der Waals surface area contributed by atoms with Crippen LogP contribution in [0.4, 0.5) is 5.69 Å². The molecule has 6 heteroatoms. The molecule has 0 radical (unpaired) electrons. The zero-order valence-corrected chi connectivity index (χ0v) is 8.60. The lowest BCUT2D eigenvalue weighted by atomic mass is 10.4. The minimum Gasteiger partial charge on any atom is -0.480 e. The van der Waals surface area contributed by atoms with Crippen molar-refractivity contribution in [1.82, 2.24) is 9.78 Å². The topological polar surface area (TPSA) is 84.2 Å². The Morgan fingerprint density at radius 3 is 2.87 bits per heavy atom. The molecule has 0 unspecified atom stereocenters. The van der Waals surface area contributed by atoms with Crippen LogP contribution in [0.1, 0.15) is 19.9 Å². The summed E-state index contributed by atoms with van der Waals surface area (Å²) in [4.78, 5) is 22.0. The van der Waals surface area contributed by atoms with Gasteiger partial charge in [-0.3, -0.25) is 9.59 Å². The maximum atomic E-state index is 11.7. The van der Waals surface area contributed by atoms with Crippen molar-refractivity contribution in [2.75, 3.05) is 11.9 Å². The molecule has 15 heavy (non-hydrogen) atoms. The van der Waals surface area contributed by atoms with E-state index in [0.717, 1.165) is 0 Å². The molecule has 2 N–H and O–H groups in total. The highest BCUT2D eigenvalue weighted by Gasteiger charge is 2.07. The van der Waals surface area contributed by atoms with E-state index in [1.54, 1.807) is 0 Å². The van der Waals surface area contributed by atoms with E-state index in [0.29, 0.717) is 0 Å². The van der Waals surface area contributed by atoms with Crippen LogP contribution in [0, 0.1) is 0 Å². The van der Waals surface area contributed by atoms with Gasteiger partial charge in [0.05, 0.1) is 6.04 Å². The smallest absolute Gasteiger partial charge is 0.322 e. The van der Waals surface area contributed by atoms with Crippen molar-refractivity contribution >= 4 is 11.7 Å². The van der Waals surface area contributed by atoms with E-state index in [9.17, 15) is 9.59 Å². The summed E-state index contributed by atoms with van der Waals surface area (Å²) in [5.74, 6) is -1.01. The van der Waals surface area contributed by atoms with Gasteiger partial charge < -0.3 is 10.4 Å². The third kappa shape index (κ3) is 2.80. The van der Waals surface area contributed by atoms with Gasteiger partial charge in [0, 0.05) is 6.20 Å². The third-order valence-electron chi connectivity index (χ3n) is 1.79. The Kier molecular flexibility index (Phi) is 3.43. The molecule has 82 valence electrons. The number of hydrogen-bond acceptors (Lipinski definition) is 4. The van der Waals surface area contributed by atoms with E-state index >= 15 is 0 Å². The van der Waals surface area contributed by atoms with Gasteiger partial charge in [-0.25, -0.2) is 4.68 Å². The second-order valence-corrected chi connectivity index (χ2v) is 3.34. The molecule has 0 spiro atoms. The van der Waals surface area contributed by atoms with Gasteiger partial charge in [0.2, 0.25) is 0 Å². The summed E-state index contributed by atoms with van der Waals surface area (Å²) >= 11 is 0. The predicted molar refractivity (Wildman–Crippen MR) is 55.0 cm³/mol. The number of nitrogens with one attached hydrogen (secondary N) is 1. The van der Waals surface area contributed by atoms with Crippen molar-refractivity contribution in [2.24, 2.45) is 0 Å². The number of anilines is 1. The fraction of sp³-hybridized carbons (Fsp3) is 0.444. The summed E-state index contributed by atoms with van der Waals surface area (Å²) in [6.07, 6.45) is 1.46. The first-order valence-corrected chi connectivity index (χ1v) is 4.56. The highest BCUT2D eigenvalue weighted by molar-refractivity contribution is 5.72. The highest BCUT2D eigenvalue weighted by atomic mass is 16.4. The van der Waals surface area contributed by atoms with Crippen molar-refractivity contribution in [3.05, 3.63) is 22.6 Å². The van der Waals surface area contributed by atoms with Gasteiger partial charge in [-0.05, 0) is 19.9 Å². The van der Waals surface area contributed by atoms with Crippen molar-refractivity contribution in [2.45, 2.75) is 19.9 Å². The Morgan fingerprint density at radius 1 is 1.67 bits per heavy atom. The van der Waals surface area contributed by atoms with Gasteiger partial charge in [0.15, 0.2) is 0 Å². The van der Waals surface area contributed by atoms with E-state index in [-0.39, 0.29) is 23.8 Å². The van der Waals surface area contributed by atoms with Gasteiger partial charge in [-0.1, -0.05) is 0 Å². The maximum Gasteiger partial charge on any atom is 0.322 e. The quantitative estimate of drug-likeness (QED) is 0.749. The minimum absolute atomic E-state index is 0.0518. The normalized spacial score (nSPS) is 10.3. The van der Waals surface area contributed by atoms with E-state index in [2.05, 4.69) is 10.4 Å². The van der Waals surface area contributed by atoms with Crippen LogP contribution in [0.15, 0.2) is 17.1 Å². The zero-order chi connectivity index (χ0) is 11.4. The summed E-state index contributed by atoms with van der Waals surface area (Å²) in [5.41, 5.74) is -0.0603. The Labute approximate surface area is 86.5 Å². The molecule has 1 aromatic rings. The first-order valence-electron chi connectivity index (χ1n) is 4.56. The number of aliphatic carboxylic acids is 1. The number of carbonyl (C=O) groups is 1. The molecule has 0 fully saturated rings. The van der Waals surface area contributed by atoms with Crippen molar-refractivity contribution in [3.63, 3.8) is 0 Å². The van der Waals surface area contributed by atoms with Gasteiger partial charge in [0.1, 0.15) is 12.2 Å². The zero-order valence-electron chi connectivity index (χ0n) is 8.60. The molecule has 6 nitrogen and oxygen atoms in total. The summed E-state index contributed by atoms with van der Waals surface area (Å²) in [7, 11) is 0. The summed E-state index contributed by atoms with van der Waals surface area (Å²) in [5, 5.41) is 14.9. The fourth-order valence-corrected chi connectivity index (χ4v) is 1.10. The number of hydrogen-bond donors (Lipinski definition) is 2. The van der Waals surface area contributed by atoms with Crippen LogP contribution in [-0.2, 0) is 4.79 Å². The molecule has 0 aliphatic heterocycles. The van der Waals surface area contributed by atoms with Gasteiger partial charge in [-0.15, -0.1) is 0 Å². The Morgan fingerprint density at radius 2 is 2.33 bits per heavy atom. The van der Waals surface area contributed by atoms with Gasteiger partial charge >= 0.3 is 5.97 Å². The lowest BCUT2D eigenvalue weighted by Gasteiger charge is -2.09. The van der Waals surface area contributed by atoms with Gasteiger partial charge in [-0.2, -0.15) is 5.10 Å². The molecule has 1 heterocycles. The van der Waals surface area contributed by atoms with Crippen LogP contribution in [-0.4, -0.2) is 27.4 Å². The predicted octanol–water partition coefficient (Wildman–Crippen LogP) is 0.321. The highest BCUT2D eigenvalue weighted by Crippen LogP contribution is 2.01. The average Bonchev–Trinajstić information content (AvgIpc) is 2.15. The van der Waals surface area contributed by atoms with E-state index < -0.39 is 5.97 Å². The standard InChI is InChI=1S/C9H13N3O3/c1-6(2)12-9(15)7(3-4-11-12)10-5-8(13)14/h3-4,6,10H,5H2,1-2H3,(H,13,14). The molecule has 0 bridgehead atoms. The van der Waals surface area contributed by atoms with Crippen LogP contribution >= 0.6 is 0 Å². The van der Waals surface area contributed by atoms with E-state index in [1.807, 2.05) is 13.8 Å². The third-order valence-corrected chi connectivity index (χ3v) is 1.79. The van der Waals surface area contributed by atoms with Crippen molar-refractivity contribution < 1.29 is 9.90 Å². The molecule has 0 aromatic carbocycles. The molecule has 1 aromatic heterocycles. The Hall–Kier alpha value is -1.85. The first-order chi connectivity index (χ1) is 7.02. The molecule has 0 atom stereocenters. The van der Waals surface area contributed by atoms with Crippen LogP contribution in [0.2, 0.25) is 0 Å². The fourth-order valence-electron chi connectivity index (χ4n) is 1.10. The lowest BCUT2D eigenvalue weighted by Crippen LogP contribution is -2.28. The van der Waals surface area contributed by atoms with E-state index in [1.165, 1.54) is 16.9 Å². The largest absolute Gasteiger partial charge is 0.480 e. The summed E-state index contributed by atoms with van der Waals surface area (Å²) in [6.45, 7) is 3.38. The van der Waals surface area contributed by atoms with Crippen molar-refractivity contribution in [1.29, 1.82) is 0 Å². The Bertz CT molecular complexity index is 411. The van der Waals surface area contributed by atoms with Crippen molar-refractivity contribution in [3.8, 4) is 0 Å².